The number of hydrogen-bond donors (Lipinski definition) is 5. The van der Waals surface area contributed by atoms with Crippen molar-refractivity contribution in [1.82, 2.24) is 16.1 Å². The lowest BCUT2D eigenvalue weighted by Crippen LogP contribution is -2.45. The SMILES string of the molecule is NNC(NCN/C(=C\C=O)COC1(C(=O)O)CCCCC1)c1ccccc1. The molecule has 0 bridgehead atoms. The third-order valence-electron chi connectivity index (χ3n) is 4.75. The minimum absolute atomic E-state index is 0.0266. The molecule has 0 radical (unpaired) electrons. The molecule has 0 aliphatic heterocycles. The van der Waals surface area contributed by atoms with Gasteiger partial charge in [-0.3, -0.25) is 16.0 Å². The summed E-state index contributed by atoms with van der Waals surface area (Å²) in [7, 11) is 0. The number of carbonyl (C=O) groups excluding carboxylic acids is 1. The van der Waals surface area contributed by atoms with Crippen molar-refractivity contribution in [2.24, 2.45) is 5.84 Å². The molecule has 0 heterocycles. The molecule has 148 valence electrons. The predicted octanol–water partition coefficient (Wildman–Crippen LogP) is 1.17. The fourth-order valence-corrected chi connectivity index (χ4v) is 3.18. The number of nitrogens with two attached hydrogens (primary N) is 1. The van der Waals surface area contributed by atoms with E-state index in [0.29, 0.717) is 31.5 Å². The fraction of sp³-hybridized carbons (Fsp3) is 0.474. The van der Waals surface area contributed by atoms with Crippen molar-refractivity contribution in [2.45, 2.75) is 43.9 Å². The van der Waals surface area contributed by atoms with Crippen LogP contribution in [0.3, 0.4) is 0 Å². The molecule has 2 rings (SSSR count). The molecule has 1 aliphatic carbocycles. The summed E-state index contributed by atoms with van der Waals surface area (Å²) in [6, 6.07) is 9.61. The van der Waals surface area contributed by atoms with Crippen LogP contribution in [0.5, 0.6) is 0 Å². The number of carbonyl (C=O) groups is 2. The second-order valence-electron chi connectivity index (χ2n) is 6.54. The van der Waals surface area contributed by atoms with Crippen LogP contribution in [0.1, 0.15) is 43.8 Å². The Hall–Kier alpha value is -2.26. The van der Waals surface area contributed by atoms with Gasteiger partial charge in [0.1, 0.15) is 6.29 Å². The van der Waals surface area contributed by atoms with Crippen molar-refractivity contribution in [3.05, 3.63) is 47.7 Å². The van der Waals surface area contributed by atoms with Crippen LogP contribution >= 0.6 is 0 Å². The molecule has 1 unspecified atom stereocenters. The first-order valence-corrected chi connectivity index (χ1v) is 9.11. The molecule has 8 nitrogen and oxygen atoms in total. The van der Waals surface area contributed by atoms with Gasteiger partial charge < -0.3 is 15.2 Å². The number of hydrogen-bond acceptors (Lipinski definition) is 7. The highest BCUT2D eigenvalue weighted by atomic mass is 16.5. The van der Waals surface area contributed by atoms with Crippen LogP contribution in [0.2, 0.25) is 0 Å². The predicted molar refractivity (Wildman–Crippen MR) is 101 cm³/mol. The molecule has 8 heteroatoms. The zero-order valence-corrected chi connectivity index (χ0v) is 15.3. The van der Waals surface area contributed by atoms with Crippen molar-refractivity contribution >= 4 is 12.3 Å². The summed E-state index contributed by atoms with van der Waals surface area (Å²) >= 11 is 0. The van der Waals surface area contributed by atoms with Crippen molar-refractivity contribution in [3.8, 4) is 0 Å². The van der Waals surface area contributed by atoms with Crippen LogP contribution in [-0.2, 0) is 14.3 Å². The van der Waals surface area contributed by atoms with Crippen LogP contribution < -0.4 is 21.9 Å². The molecule has 27 heavy (non-hydrogen) atoms. The van der Waals surface area contributed by atoms with Gasteiger partial charge in [-0.15, -0.1) is 0 Å². The summed E-state index contributed by atoms with van der Waals surface area (Å²) in [5, 5.41) is 15.8. The van der Waals surface area contributed by atoms with Crippen molar-refractivity contribution in [1.29, 1.82) is 0 Å². The second kappa shape index (κ2) is 10.8. The van der Waals surface area contributed by atoms with Gasteiger partial charge in [-0.25, -0.2) is 10.2 Å². The van der Waals surface area contributed by atoms with Gasteiger partial charge in [0.15, 0.2) is 5.60 Å². The van der Waals surface area contributed by atoms with Gasteiger partial charge in [0, 0.05) is 5.70 Å². The number of ether oxygens (including phenoxy) is 1. The lowest BCUT2D eigenvalue weighted by atomic mass is 9.84. The summed E-state index contributed by atoms with van der Waals surface area (Å²) in [5.41, 5.74) is 2.98. The zero-order valence-electron chi connectivity index (χ0n) is 15.3. The maximum absolute atomic E-state index is 11.7. The van der Waals surface area contributed by atoms with E-state index < -0.39 is 11.6 Å². The molecule has 0 spiro atoms. The minimum Gasteiger partial charge on any atom is -0.479 e. The average molecular weight is 376 g/mol. The minimum atomic E-state index is -1.17. The number of nitrogens with one attached hydrogen (secondary N) is 3. The number of hydrazine groups is 1. The standard InChI is InChI=1S/C19H28N4O4/c20-23-17(15-7-3-1-4-8-15)22-14-21-16(9-12-24)13-27-19(18(25)26)10-5-2-6-11-19/h1,3-4,7-9,12,17,21-23H,2,5-6,10-11,13-14,20H2,(H,25,26)/b16-9-. The van der Waals surface area contributed by atoms with Crippen LogP contribution in [0.15, 0.2) is 42.1 Å². The van der Waals surface area contributed by atoms with Crippen molar-refractivity contribution in [2.75, 3.05) is 13.3 Å². The third-order valence-corrected chi connectivity index (χ3v) is 4.75. The van der Waals surface area contributed by atoms with Crippen LogP contribution in [-0.4, -0.2) is 36.2 Å². The summed E-state index contributed by atoms with van der Waals surface area (Å²) in [5.74, 6) is 4.64. The maximum Gasteiger partial charge on any atom is 0.335 e. The first kappa shape index (κ1) is 21.0. The Bertz CT molecular complexity index is 630. The van der Waals surface area contributed by atoms with Gasteiger partial charge in [0.05, 0.1) is 19.4 Å². The zero-order chi connectivity index (χ0) is 19.5. The van der Waals surface area contributed by atoms with E-state index in [-0.39, 0.29) is 12.8 Å². The van der Waals surface area contributed by atoms with Gasteiger partial charge >= 0.3 is 5.97 Å². The molecule has 1 aromatic carbocycles. The van der Waals surface area contributed by atoms with Gasteiger partial charge in [0.2, 0.25) is 0 Å². The fourth-order valence-electron chi connectivity index (χ4n) is 3.18. The molecule has 0 saturated heterocycles. The lowest BCUT2D eigenvalue weighted by molar-refractivity contribution is -0.169. The topological polar surface area (TPSA) is 126 Å². The van der Waals surface area contributed by atoms with E-state index in [1.807, 2.05) is 30.3 Å². The lowest BCUT2D eigenvalue weighted by Gasteiger charge is -2.33. The first-order chi connectivity index (χ1) is 13.1. The number of carboxylic acid groups (broad SMARTS) is 1. The van der Waals surface area contributed by atoms with Crippen LogP contribution in [0.25, 0.3) is 0 Å². The number of aliphatic carboxylic acids is 1. The number of allylic oxidation sites excluding steroid dienone is 1. The van der Waals surface area contributed by atoms with E-state index in [1.165, 1.54) is 6.08 Å². The van der Waals surface area contributed by atoms with E-state index in [0.717, 1.165) is 24.8 Å². The molecule has 6 N–H and O–H groups in total. The molecule has 1 aromatic rings. The van der Waals surface area contributed by atoms with E-state index >= 15 is 0 Å². The second-order valence-corrected chi connectivity index (χ2v) is 6.54. The maximum atomic E-state index is 11.7. The summed E-state index contributed by atoms with van der Waals surface area (Å²) < 4.78 is 5.76. The van der Waals surface area contributed by atoms with E-state index in [4.69, 9.17) is 10.6 Å². The summed E-state index contributed by atoms with van der Waals surface area (Å²) in [4.78, 5) is 22.6. The Morgan fingerprint density at radius 3 is 2.56 bits per heavy atom. The van der Waals surface area contributed by atoms with Crippen molar-refractivity contribution < 1.29 is 19.4 Å². The van der Waals surface area contributed by atoms with Gasteiger partial charge in [-0.2, -0.15) is 0 Å². The van der Waals surface area contributed by atoms with Crippen LogP contribution in [0, 0.1) is 0 Å². The molecule has 1 aliphatic rings. The Morgan fingerprint density at radius 1 is 1.26 bits per heavy atom. The number of aldehydes is 1. The highest BCUT2D eigenvalue weighted by molar-refractivity contribution is 5.77. The molecular weight excluding hydrogens is 348 g/mol. The number of rotatable bonds is 11. The molecule has 1 fully saturated rings. The largest absolute Gasteiger partial charge is 0.479 e. The van der Waals surface area contributed by atoms with Gasteiger partial charge in [-0.05, 0) is 37.3 Å². The Kier molecular flexibility index (Phi) is 8.41. The van der Waals surface area contributed by atoms with E-state index in [9.17, 15) is 14.7 Å². The molecule has 1 saturated carbocycles. The highest BCUT2D eigenvalue weighted by Gasteiger charge is 2.40. The molecule has 0 amide bonds. The quantitative estimate of drug-likeness (QED) is 0.128. The van der Waals surface area contributed by atoms with E-state index in [1.54, 1.807) is 0 Å². The molecule has 0 aromatic heterocycles. The highest BCUT2D eigenvalue weighted by Crippen LogP contribution is 2.32. The van der Waals surface area contributed by atoms with Crippen molar-refractivity contribution in [3.63, 3.8) is 0 Å². The summed E-state index contributed by atoms with van der Waals surface area (Å²) in [6.45, 7) is 0.339. The molecule has 1 atom stereocenters. The number of benzene rings is 1. The van der Waals surface area contributed by atoms with Crippen LogP contribution in [0.4, 0.5) is 0 Å². The monoisotopic (exact) mass is 376 g/mol. The van der Waals surface area contributed by atoms with Gasteiger partial charge in [-0.1, -0.05) is 36.8 Å². The smallest absolute Gasteiger partial charge is 0.335 e. The Balaban J connectivity index is 1.89. The summed E-state index contributed by atoms with van der Waals surface area (Å²) in [6.07, 6.45) is 5.36. The normalized spacial score (nSPS) is 17.9. The first-order valence-electron chi connectivity index (χ1n) is 9.11. The average Bonchev–Trinajstić information content (AvgIpc) is 2.70. The Morgan fingerprint density at radius 2 is 1.96 bits per heavy atom. The van der Waals surface area contributed by atoms with Gasteiger partial charge in [0.25, 0.3) is 0 Å². The molecular formula is C19H28N4O4. The van der Waals surface area contributed by atoms with E-state index in [2.05, 4.69) is 16.1 Å². The third kappa shape index (κ3) is 6.14. The Labute approximate surface area is 159 Å². The number of carboxylic acids is 1.